The Kier molecular flexibility index (Phi) is 7.37. The summed E-state index contributed by atoms with van der Waals surface area (Å²) in [6.45, 7) is 3.93. The van der Waals surface area contributed by atoms with Gasteiger partial charge in [0.25, 0.3) is 5.91 Å². The van der Waals surface area contributed by atoms with E-state index in [9.17, 15) is 4.79 Å². The summed E-state index contributed by atoms with van der Waals surface area (Å²) in [4.78, 5) is 18.5. The zero-order valence-electron chi connectivity index (χ0n) is 21.7. The number of aromatic nitrogens is 3. The van der Waals surface area contributed by atoms with Crippen LogP contribution in [0.3, 0.4) is 0 Å². The molecule has 1 unspecified atom stereocenters. The monoisotopic (exact) mass is 527 g/mol. The summed E-state index contributed by atoms with van der Waals surface area (Å²) in [6, 6.07) is 23.0. The minimum absolute atomic E-state index is 0.239. The molecule has 1 aliphatic heterocycles. The first-order chi connectivity index (χ1) is 18.5. The smallest absolute Gasteiger partial charge is 0.255 e. The summed E-state index contributed by atoms with van der Waals surface area (Å²) in [5.74, 6) is 2.44. The second kappa shape index (κ2) is 11.0. The number of carbonyl (C=O) groups excluding carboxylic acids is 1. The van der Waals surface area contributed by atoms with Gasteiger partial charge >= 0.3 is 0 Å². The molecule has 0 fully saturated rings. The number of nitrogens with zero attached hydrogens (tertiary/aromatic N) is 3. The number of methoxy groups -OCH3 is 2. The molecule has 2 heterocycles. The van der Waals surface area contributed by atoms with E-state index in [0.717, 1.165) is 22.4 Å². The van der Waals surface area contributed by atoms with Crippen molar-refractivity contribution in [2.75, 3.05) is 24.9 Å². The van der Waals surface area contributed by atoms with Crippen molar-refractivity contribution < 1.29 is 14.3 Å². The molecule has 0 saturated carbocycles. The van der Waals surface area contributed by atoms with Gasteiger partial charge < -0.3 is 20.1 Å². The van der Waals surface area contributed by atoms with Gasteiger partial charge in [-0.3, -0.25) is 4.79 Å². The van der Waals surface area contributed by atoms with Crippen molar-refractivity contribution in [1.82, 2.24) is 14.8 Å². The zero-order valence-corrected chi connectivity index (χ0v) is 22.5. The quantitative estimate of drug-likeness (QED) is 0.279. The van der Waals surface area contributed by atoms with E-state index in [2.05, 4.69) is 10.6 Å². The minimum atomic E-state index is -0.458. The number of benzene rings is 3. The van der Waals surface area contributed by atoms with Crippen molar-refractivity contribution in [3.63, 3.8) is 0 Å². The topological polar surface area (TPSA) is 90.3 Å². The van der Waals surface area contributed by atoms with E-state index in [4.69, 9.17) is 19.6 Å². The van der Waals surface area contributed by atoms with Crippen molar-refractivity contribution in [1.29, 1.82) is 0 Å². The second-order valence-electron chi connectivity index (χ2n) is 8.93. The number of allylic oxidation sites excluding steroid dienone is 1. The van der Waals surface area contributed by atoms with Gasteiger partial charge in [-0.15, -0.1) is 5.10 Å². The highest BCUT2D eigenvalue weighted by Gasteiger charge is 2.34. The summed E-state index contributed by atoms with van der Waals surface area (Å²) in [5, 5.41) is 11.8. The summed E-state index contributed by atoms with van der Waals surface area (Å²) >= 11 is 1.53. The Balaban J connectivity index is 1.48. The Hall–Kier alpha value is -4.24. The second-order valence-corrected chi connectivity index (χ2v) is 9.88. The van der Waals surface area contributed by atoms with Gasteiger partial charge in [0.1, 0.15) is 17.5 Å². The molecule has 4 aromatic rings. The van der Waals surface area contributed by atoms with Gasteiger partial charge in [0.05, 0.1) is 25.5 Å². The van der Waals surface area contributed by atoms with Gasteiger partial charge in [-0.1, -0.05) is 65.9 Å². The van der Waals surface area contributed by atoms with Crippen molar-refractivity contribution in [3.05, 3.63) is 101 Å². The van der Waals surface area contributed by atoms with Crippen molar-refractivity contribution in [3.8, 4) is 11.5 Å². The Morgan fingerprint density at radius 1 is 1.03 bits per heavy atom. The number of para-hydroxylation sites is 2. The third kappa shape index (κ3) is 5.24. The molecule has 0 radical (unpaired) electrons. The molecule has 0 spiro atoms. The molecule has 1 aliphatic rings. The number of hydrogen-bond acceptors (Lipinski definition) is 7. The average Bonchev–Trinajstić information content (AvgIpc) is 3.34. The van der Waals surface area contributed by atoms with Crippen molar-refractivity contribution in [2.24, 2.45) is 0 Å². The minimum Gasteiger partial charge on any atom is -0.497 e. The van der Waals surface area contributed by atoms with Gasteiger partial charge in [-0.25, -0.2) is 4.68 Å². The van der Waals surface area contributed by atoms with E-state index < -0.39 is 6.04 Å². The number of aryl methyl sites for hydroxylation is 1. The van der Waals surface area contributed by atoms with E-state index in [0.29, 0.717) is 39.6 Å². The van der Waals surface area contributed by atoms with Crippen LogP contribution in [0.5, 0.6) is 11.5 Å². The average molecular weight is 528 g/mol. The largest absolute Gasteiger partial charge is 0.497 e. The van der Waals surface area contributed by atoms with Crippen LogP contribution in [0, 0.1) is 6.92 Å². The summed E-state index contributed by atoms with van der Waals surface area (Å²) in [7, 11) is 3.24. The molecule has 1 aromatic heterocycles. The van der Waals surface area contributed by atoms with Crippen molar-refractivity contribution >= 4 is 29.3 Å². The fraction of sp³-hybridized carbons (Fsp3) is 0.207. The van der Waals surface area contributed by atoms with Crippen LogP contribution in [0.4, 0.5) is 11.6 Å². The SMILES string of the molecule is COc1cccc(CSc2nc3n(n2)C(c2ccc(C)cc2)C(C(=O)Nc2ccccc2OC)=C(C)N3)c1. The fourth-order valence-corrected chi connectivity index (χ4v) is 5.16. The van der Waals surface area contributed by atoms with Crippen molar-refractivity contribution in [2.45, 2.75) is 30.8 Å². The van der Waals surface area contributed by atoms with E-state index in [1.54, 1.807) is 18.9 Å². The molecule has 1 amide bonds. The summed E-state index contributed by atoms with van der Waals surface area (Å²) in [6.07, 6.45) is 0. The standard InChI is InChI=1S/C29H29N5O3S/c1-18-12-14-21(15-13-18)26-25(27(35)31-23-10-5-6-11-24(23)37-4)19(2)30-28-32-29(33-34(26)28)38-17-20-8-7-9-22(16-20)36-3/h5-16,26H,17H2,1-4H3,(H,31,35)(H,30,32,33). The number of ether oxygens (including phenoxy) is 2. The molecule has 1 atom stereocenters. The van der Waals surface area contributed by atoms with Gasteiger partial charge in [-0.05, 0) is 49.2 Å². The normalized spacial score (nSPS) is 14.5. The number of rotatable bonds is 8. The Bertz CT molecular complexity index is 1500. The van der Waals surface area contributed by atoms with E-state index in [1.165, 1.54) is 11.8 Å². The molecule has 0 aliphatic carbocycles. The molecule has 0 bridgehead atoms. The Morgan fingerprint density at radius 2 is 1.82 bits per heavy atom. The highest BCUT2D eigenvalue weighted by molar-refractivity contribution is 7.98. The lowest BCUT2D eigenvalue weighted by atomic mass is 9.94. The molecule has 38 heavy (non-hydrogen) atoms. The third-order valence-electron chi connectivity index (χ3n) is 6.33. The lowest BCUT2D eigenvalue weighted by Crippen LogP contribution is -2.31. The number of fused-ring (bicyclic) bond motifs is 1. The Morgan fingerprint density at radius 3 is 2.58 bits per heavy atom. The van der Waals surface area contributed by atoms with Crippen LogP contribution in [0.1, 0.15) is 29.7 Å². The number of anilines is 2. The van der Waals surface area contributed by atoms with Crippen LogP contribution < -0.4 is 20.1 Å². The summed E-state index contributed by atoms with van der Waals surface area (Å²) in [5.41, 5.74) is 5.06. The predicted octanol–water partition coefficient (Wildman–Crippen LogP) is 5.82. The van der Waals surface area contributed by atoms with E-state index in [-0.39, 0.29) is 5.91 Å². The van der Waals surface area contributed by atoms with Gasteiger partial charge in [0.2, 0.25) is 11.1 Å². The first-order valence-corrected chi connectivity index (χ1v) is 13.2. The highest BCUT2D eigenvalue weighted by atomic mass is 32.2. The molecule has 0 saturated heterocycles. The molecule has 194 valence electrons. The molecular weight excluding hydrogens is 498 g/mol. The first kappa shape index (κ1) is 25.4. The van der Waals surface area contributed by atoms with Gasteiger partial charge in [-0.2, -0.15) is 4.98 Å². The van der Waals surface area contributed by atoms with Crippen LogP contribution in [-0.2, 0) is 10.5 Å². The maximum Gasteiger partial charge on any atom is 0.255 e. The maximum atomic E-state index is 13.7. The molecule has 8 nitrogen and oxygen atoms in total. The van der Waals surface area contributed by atoms with Crippen LogP contribution in [-0.4, -0.2) is 34.9 Å². The van der Waals surface area contributed by atoms with Crippen LogP contribution in [0.2, 0.25) is 0 Å². The first-order valence-electron chi connectivity index (χ1n) is 12.2. The predicted molar refractivity (Wildman–Crippen MR) is 150 cm³/mol. The molecule has 9 heteroatoms. The summed E-state index contributed by atoms with van der Waals surface area (Å²) < 4.78 is 12.6. The molecule has 3 aromatic carbocycles. The van der Waals surface area contributed by atoms with Gasteiger partial charge in [0, 0.05) is 11.4 Å². The Labute approximate surface area is 226 Å². The number of amides is 1. The van der Waals surface area contributed by atoms with E-state index in [1.807, 2.05) is 86.6 Å². The fourth-order valence-electron chi connectivity index (χ4n) is 4.39. The highest BCUT2D eigenvalue weighted by Crippen LogP contribution is 2.37. The maximum absolute atomic E-state index is 13.7. The molecular formula is C29H29N5O3S. The zero-order chi connectivity index (χ0) is 26.6. The van der Waals surface area contributed by atoms with Crippen LogP contribution in [0.15, 0.2) is 89.2 Å². The van der Waals surface area contributed by atoms with E-state index >= 15 is 0 Å². The van der Waals surface area contributed by atoms with Gasteiger partial charge in [0.15, 0.2) is 0 Å². The number of nitrogens with one attached hydrogen (secondary N) is 2. The molecule has 2 N–H and O–H groups in total. The van der Waals surface area contributed by atoms with Crippen LogP contribution >= 0.6 is 11.8 Å². The number of thioether (sulfide) groups is 1. The lowest BCUT2D eigenvalue weighted by Gasteiger charge is -2.29. The number of hydrogen-bond donors (Lipinski definition) is 2. The third-order valence-corrected chi connectivity index (χ3v) is 7.24. The molecule has 5 rings (SSSR count). The number of carbonyl (C=O) groups is 1. The lowest BCUT2D eigenvalue weighted by molar-refractivity contribution is -0.113. The van der Waals surface area contributed by atoms with Crippen LogP contribution in [0.25, 0.3) is 0 Å².